The summed E-state index contributed by atoms with van der Waals surface area (Å²) in [7, 11) is -2.71. The number of carbonyl (C=O) groups excluding carboxylic acids is 4. The Hall–Kier alpha value is -4.35. The molecule has 0 spiro atoms. The lowest BCUT2D eigenvalue weighted by atomic mass is 9.85. The number of fused-ring (bicyclic) bond motifs is 5. The highest BCUT2D eigenvalue weighted by molar-refractivity contribution is 7.91. The first kappa shape index (κ1) is 42.8. The molecule has 0 radical (unpaired) electrons. The van der Waals surface area contributed by atoms with Gasteiger partial charge in [0.25, 0.3) is 5.91 Å². The fourth-order valence-corrected chi connectivity index (χ4v) is 9.91. The fraction of sp³-hybridized carbons (Fsp3) is 0.707. The number of amides is 4. The summed E-state index contributed by atoms with van der Waals surface area (Å²) in [6, 6.07) is 2.74. The molecule has 7 rings (SSSR count). The molecule has 2 aliphatic heterocycles. The smallest absolute Gasteiger partial charge is 0.408 e. The van der Waals surface area contributed by atoms with Crippen molar-refractivity contribution in [3.05, 3.63) is 23.9 Å². The van der Waals surface area contributed by atoms with E-state index in [1.165, 1.54) is 11.8 Å². The van der Waals surface area contributed by atoms with Crippen molar-refractivity contribution in [2.75, 3.05) is 13.7 Å². The summed E-state index contributed by atoms with van der Waals surface area (Å²) in [5.41, 5.74) is -1.43. The third-order valence-electron chi connectivity index (χ3n) is 12.8. The lowest BCUT2D eigenvalue weighted by Crippen LogP contribution is -2.61. The molecule has 59 heavy (non-hydrogen) atoms. The summed E-state index contributed by atoms with van der Waals surface area (Å²) in [5, 5.41) is 5.30. The van der Waals surface area contributed by atoms with Gasteiger partial charge < -0.3 is 29.7 Å². The van der Waals surface area contributed by atoms with E-state index in [9.17, 15) is 36.4 Å². The number of aromatic nitrogens is 2. The van der Waals surface area contributed by atoms with E-state index in [1.54, 1.807) is 40.0 Å². The maximum absolute atomic E-state index is 14.9. The monoisotopic (exact) mass is 846 g/mol. The van der Waals surface area contributed by atoms with Gasteiger partial charge in [-0.15, -0.1) is 0 Å². The summed E-state index contributed by atoms with van der Waals surface area (Å²) in [5.74, 6) is -4.28. The molecular formula is C41H56F2N6O9S. The van der Waals surface area contributed by atoms with E-state index in [4.69, 9.17) is 24.2 Å². The minimum Gasteiger partial charge on any atom is -0.497 e. The van der Waals surface area contributed by atoms with E-state index in [1.807, 2.05) is 17.7 Å². The highest BCUT2D eigenvalue weighted by atomic mass is 32.2. The standard InChI is InChI=1S/C41H56F2N6O9S/c1-7-11-24-30-21-49(31(24)34(50)47-41(20-25(41)33(42)43)37(52)48-59(54,55)40(5)16-17-40)36(51)32(39(2,3)4)46-38(53)58-29-18-22(29)12-9-8-10-13-27-35(57-30)45-28-19-23(56-6)14-15-26(28)44-27/h14-15,19,22,24-25,29-33H,7-13,16-18,20-21H2,1-6H3,(H,46,53)(H,47,50)(H,48,52)/t22-,24-,25+,29-,30+,31+,32-,41-/m1/s1. The number of ether oxygens (including phenoxy) is 3. The topological polar surface area (TPSA) is 195 Å². The second kappa shape index (κ2) is 15.9. The lowest BCUT2D eigenvalue weighted by Gasteiger charge is -2.36. The van der Waals surface area contributed by atoms with E-state index in [0.29, 0.717) is 61.0 Å². The van der Waals surface area contributed by atoms with Crippen LogP contribution in [0.4, 0.5) is 13.6 Å². The normalized spacial score (nSPS) is 30.7. The highest BCUT2D eigenvalue weighted by Gasteiger charge is 2.68. The minimum absolute atomic E-state index is 0.170. The van der Waals surface area contributed by atoms with Crippen molar-refractivity contribution in [2.24, 2.45) is 23.2 Å². The number of alkyl carbamates (subject to hydrolysis) is 1. The van der Waals surface area contributed by atoms with Gasteiger partial charge in [0.1, 0.15) is 41.3 Å². The van der Waals surface area contributed by atoms with Gasteiger partial charge in [0.05, 0.1) is 35.4 Å². The maximum Gasteiger partial charge on any atom is 0.408 e. The number of hydrogen-bond acceptors (Lipinski definition) is 11. The predicted molar refractivity (Wildman–Crippen MR) is 211 cm³/mol. The van der Waals surface area contributed by atoms with Crippen molar-refractivity contribution < 1.29 is 50.6 Å². The van der Waals surface area contributed by atoms with E-state index in [2.05, 4.69) is 10.6 Å². The first-order valence-electron chi connectivity index (χ1n) is 20.8. The third kappa shape index (κ3) is 8.65. The van der Waals surface area contributed by atoms with Crippen LogP contribution in [0.15, 0.2) is 18.2 Å². The second-order valence-electron chi connectivity index (χ2n) is 18.3. The van der Waals surface area contributed by atoms with E-state index in [-0.39, 0.29) is 24.4 Å². The van der Waals surface area contributed by atoms with Crippen LogP contribution in [0.2, 0.25) is 0 Å². The van der Waals surface area contributed by atoms with Crippen LogP contribution in [0.5, 0.6) is 11.6 Å². The molecule has 4 amide bonds. The van der Waals surface area contributed by atoms with Crippen LogP contribution >= 0.6 is 0 Å². The highest BCUT2D eigenvalue weighted by Crippen LogP contribution is 2.50. The Morgan fingerprint density at radius 1 is 1.08 bits per heavy atom. The summed E-state index contributed by atoms with van der Waals surface area (Å²) in [4.78, 5) is 67.9. The molecule has 3 aliphatic carbocycles. The van der Waals surface area contributed by atoms with Crippen LogP contribution in [-0.2, 0) is 35.6 Å². The van der Waals surface area contributed by atoms with Gasteiger partial charge in [-0.25, -0.2) is 32.0 Å². The average molecular weight is 847 g/mol. The Labute approximate surface area is 343 Å². The number of carbonyl (C=O) groups is 4. The number of sulfonamides is 1. The van der Waals surface area contributed by atoms with Crippen LogP contribution in [0.25, 0.3) is 11.0 Å². The van der Waals surface area contributed by atoms with Gasteiger partial charge in [-0.1, -0.05) is 47.0 Å². The van der Waals surface area contributed by atoms with Crippen LogP contribution in [0.1, 0.15) is 105 Å². The van der Waals surface area contributed by atoms with Crippen molar-refractivity contribution in [3.63, 3.8) is 0 Å². The van der Waals surface area contributed by atoms with Crippen molar-refractivity contribution in [1.29, 1.82) is 0 Å². The molecule has 8 atom stereocenters. The lowest BCUT2D eigenvalue weighted by molar-refractivity contribution is -0.144. The van der Waals surface area contributed by atoms with Gasteiger partial charge >= 0.3 is 6.09 Å². The number of aryl methyl sites for hydroxylation is 1. The number of rotatable bonds is 9. The number of nitrogens with zero attached hydrogens (tertiary/aromatic N) is 3. The van der Waals surface area contributed by atoms with Crippen molar-refractivity contribution in [2.45, 2.75) is 146 Å². The van der Waals surface area contributed by atoms with E-state index >= 15 is 0 Å². The molecule has 1 aromatic heterocycles. The van der Waals surface area contributed by atoms with Crippen LogP contribution < -0.4 is 24.8 Å². The molecule has 0 unspecified atom stereocenters. The first-order valence-corrected chi connectivity index (χ1v) is 22.2. The summed E-state index contributed by atoms with van der Waals surface area (Å²) >= 11 is 0. The van der Waals surface area contributed by atoms with Crippen LogP contribution in [-0.4, -0.2) is 102 Å². The molecular weight excluding hydrogens is 791 g/mol. The van der Waals surface area contributed by atoms with Gasteiger partial charge in [-0.3, -0.25) is 19.1 Å². The molecule has 4 fully saturated rings. The van der Waals surface area contributed by atoms with Crippen molar-refractivity contribution in [3.8, 4) is 11.6 Å². The van der Waals surface area contributed by atoms with E-state index in [0.717, 1.165) is 25.7 Å². The zero-order chi connectivity index (χ0) is 42.7. The maximum atomic E-state index is 14.9. The van der Waals surface area contributed by atoms with Crippen molar-refractivity contribution >= 4 is 44.9 Å². The van der Waals surface area contributed by atoms with Gasteiger partial charge in [-0.05, 0) is 81.8 Å². The summed E-state index contributed by atoms with van der Waals surface area (Å²) in [6.45, 7) is 8.44. The SMILES string of the molecule is CCC[C@@H]1[C@@H]2CN(C(=O)[C@H](C(C)(C)C)NC(=O)O[C@@H]3C[C@H]3CCCCCc3nc4ccc(OC)cc4nc3O2)[C@@H]1C(=O)N[C@]1(C(=O)NS(=O)(=O)C2(C)CC2)C[C@H]1C(F)F. The van der Waals surface area contributed by atoms with Gasteiger partial charge in [0.15, 0.2) is 0 Å². The second-order valence-corrected chi connectivity index (χ2v) is 20.5. The first-order chi connectivity index (χ1) is 27.8. The Balaban J connectivity index is 1.28. The summed E-state index contributed by atoms with van der Waals surface area (Å²) in [6.07, 6.45) is 0.581. The Morgan fingerprint density at radius 3 is 2.47 bits per heavy atom. The Morgan fingerprint density at radius 2 is 1.83 bits per heavy atom. The molecule has 324 valence electrons. The zero-order valence-corrected chi connectivity index (χ0v) is 35.3. The number of hydrogen-bond donors (Lipinski definition) is 3. The predicted octanol–water partition coefficient (Wildman–Crippen LogP) is 4.80. The molecule has 18 heteroatoms. The molecule has 3 saturated carbocycles. The number of halogens is 2. The molecule has 2 bridgehead atoms. The molecule has 3 N–H and O–H groups in total. The third-order valence-corrected chi connectivity index (χ3v) is 15.0. The largest absolute Gasteiger partial charge is 0.497 e. The summed E-state index contributed by atoms with van der Waals surface area (Å²) < 4.78 is 73.8. The number of methoxy groups -OCH3 is 1. The van der Waals surface area contributed by atoms with Gasteiger partial charge in [0.2, 0.25) is 34.1 Å². The number of alkyl halides is 2. The average Bonchev–Trinajstić information content (AvgIpc) is 4.12. The zero-order valence-electron chi connectivity index (χ0n) is 34.5. The van der Waals surface area contributed by atoms with Gasteiger partial charge in [-0.2, -0.15) is 0 Å². The number of nitrogens with one attached hydrogen (secondary N) is 3. The van der Waals surface area contributed by atoms with Crippen LogP contribution in [0, 0.1) is 23.2 Å². The minimum atomic E-state index is -4.25. The fourth-order valence-electron chi connectivity index (χ4n) is 8.60. The quantitative estimate of drug-likeness (QED) is 0.314. The molecule has 1 saturated heterocycles. The Bertz CT molecular complexity index is 2100. The molecule has 15 nitrogen and oxygen atoms in total. The molecule has 1 aromatic carbocycles. The molecule has 5 aliphatic rings. The van der Waals surface area contributed by atoms with Crippen LogP contribution in [0.3, 0.4) is 0 Å². The molecule has 3 heterocycles. The Kier molecular flexibility index (Phi) is 11.5. The number of benzene rings is 1. The molecule has 2 aromatic rings. The van der Waals surface area contributed by atoms with Gasteiger partial charge in [0, 0.05) is 12.0 Å². The van der Waals surface area contributed by atoms with E-state index < -0.39 is 92.4 Å². The van der Waals surface area contributed by atoms with Crippen molar-refractivity contribution in [1.82, 2.24) is 30.2 Å².